The Kier molecular flexibility index (Phi) is 6.98. The van der Waals surface area contributed by atoms with Crippen molar-refractivity contribution in [1.82, 2.24) is 25.6 Å². The summed E-state index contributed by atoms with van der Waals surface area (Å²) in [7, 11) is 0. The lowest BCUT2D eigenvalue weighted by Gasteiger charge is -2.42. The molecule has 37 heavy (non-hydrogen) atoms. The Balaban J connectivity index is 1.39. The van der Waals surface area contributed by atoms with E-state index < -0.39 is 18.0 Å². The second-order valence-corrected chi connectivity index (χ2v) is 11.0. The summed E-state index contributed by atoms with van der Waals surface area (Å²) >= 11 is 0. The number of hydrogen-bond donors (Lipinski definition) is 3. The maximum Gasteiger partial charge on any atom is 0.280 e. The molecule has 0 radical (unpaired) electrons. The van der Waals surface area contributed by atoms with Crippen molar-refractivity contribution in [1.29, 1.82) is 0 Å². The number of rotatable bonds is 7. The van der Waals surface area contributed by atoms with E-state index in [0.717, 1.165) is 31.2 Å². The topological polar surface area (TPSA) is 105 Å². The number of fused-ring (bicyclic) bond motifs is 1. The van der Waals surface area contributed by atoms with Crippen molar-refractivity contribution in [3.05, 3.63) is 59.5 Å². The van der Waals surface area contributed by atoms with Crippen LogP contribution in [0.25, 0.3) is 0 Å². The number of hydrazine groups is 1. The van der Waals surface area contributed by atoms with E-state index in [-0.39, 0.29) is 47.3 Å². The smallest absolute Gasteiger partial charge is 0.280 e. The molecule has 4 aliphatic rings. The van der Waals surface area contributed by atoms with Crippen LogP contribution >= 0.6 is 0 Å². The molecule has 9 nitrogen and oxygen atoms in total. The number of carbonyl (C=O) groups excluding carboxylic acids is 3. The normalized spacial score (nSPS) is 28.0. The summed E-state index contributed by atoms with van der Waals surface area (Å²) in [5.41, 5.74) is 4.11. The summed E-state index contributed by atoms with van der Waals surface area (Å²) in [6, 6.07) is 10.0. The van der Waals surface area contributed by atoms with Gasteiger partial charge in [-0.1, -0.05) is 50.3 Å². The molecule has 0 aromatic heterocycles. The molecule has 198 valence electrons. The van der Waals surface area contributed by atoms with Crippen molar-refractivity contribution in [2.75, 3.05) is 13.1 Å². The summed E-state index contributed by atoms with van der Waals surface area (Å²) in [5, 5.41) is 15.5. The van der Waals surface area contributed by atoms with Gasteiger partial charge in [-0.2, -0.15) is 0 Å². The zero-order chi connectivity index (χ0) is 26.3. The molecule has 3 aliphatic heterocycles. The minimum Gasteiger partial charge on any atom is -0.494 e. The number of carbonyl (C=O) groups is 3. The van der Waals surface area contributed by atoms with E-state index in [4.69, 9.17) is 0 Å². The van der Waals surface area contributed by atoms with Crippen molar-refractivity contribution >= 4 is 17.7 Å². The highest BCUT2D eigenvalue weighted by Crippen LogP contribution is 2.36. The van der Waals surface area contributed by atoms with Crippen molar-refractivity contribution in [3.8, 4) is 0 Å². The maximum atomic E-state index is 13.4. The Morgan fingerprint density at radius 1 is 1.19 bits per heavy atom. The van der Waals surface area contributed by atoms with Gasteiger partial charge in [-0.15, -0.1) is 0 Å². The fourth-order valence-corrected chi connectivity index (χ4v) is 5.70. The van der Waals surface area contributed by atoms with Crippen molar-refractivity contribution in [2.45, 2.75) is 70.7 Å². The molecule has 1 aromatic rings. The van der Waals surface area contributed by atoms with Crippen LogP contribution in [-0.2, 0) is 14.4 Å². The minimum atomic E-state index is -0.546. The van der Waals surface area contributed by atoms with Gasteiger partial charge in [0.1, 0.15) is 6.17 Å². The van der Waals surface area contributed by atoms with Crippen LogP contribution in [0.5, 0.6) is 0 Å². The van der Waals surface area contributed by atoms with E-state index in [9.17, 15) is 19.5 Å². The third kappa shape index (κ3) is 4.97. The molecule has 3 heterocycles. The molecule has 0 bridgehead atoms. The quantitative estimate of drug-likeness (QED) is 0.387. The van der Waals surface area contributed by atoms with Gasteiger partial charge in [-0.05, 0) is 50.2 Å². The van der Waals surface area contributed by atoms with Crippen molar-refractivity contribution < 1.29 is 19.5 Å². The summed E-state index contributed by atoms with van der Waals surface area (Å²) in [6.07, 6.45) is 6.58. The highest BCUT2D eigenvalue weighted by atomic mass is 16.3. The van der Waals surface area contributed by atoms with Gasteiger partial charge in [0.25, 0.3) is 11.8 Å². The molecule has 9 heteroatoms. The van der Waals surface area contributed by atoms with Crippen LogP contribution in [0, 0.1) is 11.8 Å². The Morgan fingerprint density at radius 2 is 1.92 bits per heavy atom. The summed E-state index contributed by atoms with van der Waals surface area (Å²) in [5.74, 6) is -1.52. The molecule has 0 spiro atoms. The highest BCUT2D eigenvalue weighted by Gasteiger charge is 2.51. The second-order valence-electron chi connectivity index (χ2n) is 11.0. The molecule has 1 aliphatic carbocycles. The minimum absolute atomic E-state index is 0.0567. The number of amides is 3. The summed E-state index contributed by atoms with van der Waals surface area (Å²) in [4.78, 5) is 43.2. The lowest BCUT2D eigenvalue weighted by molar-refractivity contribution is -0.142. The van der Waals surface area contributed by atoms with E-state index in [0.29, 0.717) is 13.1 Å². The number of nitrogens with zero attached hydrogens (tertiary/aromatic N) is 3. The van der Waals surface area contributed by atoms with Gasteiger partial charge in [0.15, 0.2) is 5.57 Å². The van der Waals surface area contributed by atoms with Gasteiger partial charge >= 0.3 is 0 Å². The number of nitrogens with one attached hydrogen (secondary N) is 2. The zero-order valence-electron chi connectivity index (χ0n) is 21.8. The molecule has 3 fully saturated rings. The van der Waals surface area contributed by atoms with Crippen LogP contribution in [0.15, 0.2) is 53.9 Å². The van der Waals surface area contributed by atoms with Crippen molar-refractivity contribution in [3.63, 3.8) is 0 Å². The first kappa shape index (κ1) is 25.3. The predicted octanol–water partition coefficient (Wildman–Crippen LogP) is 2.60. The first-order valence-corrected chi connectivity index (χ1v) is 13.4. The third-order valence-electron chi connectivity index (χ3n) is 7.66. The van der Waals surface area contributed by atoms with E-state index >= 15 is 0 Å². The van der Waals surface area contributed by atoms with E-state index in [1.165, 1.54) is 5.01 Å². The molecule has 1 aromatic carbocycles. The number of benzene rings is 1. The largest absolute Gasteiger partial charge is 0.494 e. The molecule has 3 N–H and O–H groups in total. The third-order valence-corrected chi connectivity index (χ3v) is 7.66. The Labute approximate surface area is 218 Å². The zero-order valence-corrected chi connectivity index (χ0v) is 21.8. The van der Waals surface area contributed by atoms with Crippen LogP contribution in [-0.4, -0.2) is 69.0 Å². The second kappa shape index (κ2) is 10.2. The predicted molar refractivity (Wildman–Crippen MR) is 138 cm³/mol. The number of likely N-dealkylation sites (tertiary alicyclic amines) is 1. The SMILES string of the molecule is CC(C)CN1C(O)=C(C(=O)NC2CC2)C(=O)N2NC(C)C(/C=C/C(=O)N3CCC[C@H]3c3ccccc3)C12. The molecule has 1 saturated carbocycles. The Hall–Kier alpha value is -3.33. The highest BCUT2D eigenvalue weighted by molar-refractivity contribution is 6.19. The monoisotopic (exact) mass is 507 g/mol. The molecule has 3 amide bonds. The molecule has 5 rings (SSSR count). The van der Waals surface area contributed by atoms with Gasteiger partial charge in [-0.25, -0.2) is 10.4 Å². The maximum absolute atomic E-state index is 13.4. The fourth-order valence-electron chi connectivity index (χ4n) is 5.70. The average molecular weight is 508 g/mol. The first-order chi connectivity index (χ1) is 17.8. The number of aliphatic hydroxyl groups excluding tert-OH is 1. The molecular weight excluding hydrogens is 470 g/mol. The lowest BCUT2D eigenvalue weighted by atomic mass is 9.95. The fraction of sp³-hybridized carbons (Fsp3) is 0.536. The molecular formula is C28H37N5O4. The van der Waals surface area contributed by atoms with E-state index in [1.54, 1.807) is 11.0 Å². The van der Waals surface area contributed by atoms with Crippen LogP contribution < -0.4 is 10.7 Å². The lowest BCUT2D eigenvalue weighted by Crippen LogP contribution is -2.59. The van der Waals surface area contributed by atoms with Crippen molar-refractivity contribution in [2.24, 2.45) is 11.8 Å². The molecule has 4 atom stereocenters. The van der Waals surface area contributed by atoms with Crippen LogP contribution in [0.1, 0.15) is 58.1 Å². The van der Waals surface area contributed by atoms with Crippen LogP contribution in [0.3, 0.4) is 0 Å². The van der Waals surface area contributed by atoms with E-state index in [2.05, 4.69) is 22.9 Å². The van der Waals surface area contributed by atoms with Gasteiger partial charge in [0, 0.05) is 31.1 Å². The number of hydrogen-bond acceptors (Lipinski definition) is 6. The van der Waals surface area contributed by atoms with Gasteiger partial charge in [0.05, 0.1) is 6.04 Å². The molecule has 3 unspecified atom stereocenters. The van der Waals surface area contributed by atoms with Crippen LogP contribution in [0.4, 0.5) is 0 Å². The van der Waals surface area contributed by atoms with Gasteiger partial charge in [-0.3, -0.25) is 14.4 Å². The van der Waals surface area contributed by atoms with Gasteiger partial charge < -0.3 is 20.2 Å². The van der Waals surface area contributed by atoms with E-state index in [1.807, 2.05) is 49.9 Å². The van der Waals surface area contributed by atoms with Crippen LogP contribution in [0.2, 0.25) is 0 Å². The standard InChI is InChI=1S/C28H37N5O4/c1-17(2)16-32-26-21(13-14-23(34)31-15-7-10-22(31)19-8-5-4-6-9-19)18(3)30-33(26)28(37)24(27(32)36)25(35)29-20-11-12-20/h4-6,8-9,13-14,17-18,20-22,26,30,36H,7,10-12,15-16H2,1-3H3,(H,29,35)/b14-13+/t18?,21?,22-,26?/m0/s1. The summed E-state index contributed by atoms with van der Waals surface area (Å²) in [6.45, 7) is 7.15. The first-order valence-electron chi connectivity index (χ1n) is 13.4. The Bertz CT molecular complexity index is 1110. The molecule has 2 saturated heterocycles. The average Bonchev–Trinajstić information content (AvgIpc) is 3.42. The number of aliphatic hydroxyl groups is 1. The Morgan fingerprint density at radius 3 is 2.59 bits per heavy atom. The van der Waals surface area contributed by atoms with Gasteiger partial charge in [0.2, 0.25) is 11.8 Å². The summed E-state index contributed by atoms with van der Waals surface area (Å²) < 4.78 is 0.